The van der Waals surface area contributed by atoms with Gasteiger partial charge in [0.25, 0.3) is 0 Å². The number of aromatic nitrogens is 1. The molecule has 1 aromatic carbocycles. The normalized spacial score (nSPS) is 16.6. The zero-order valence-corrected chi connectivity index (χ0v) is 15.9. The molecule has 0 saturated heterocycles. The average Bonchev–Trinajstić information content (AvgIpc) is 3.32. The van der Waals surface area contributed by atoms with E-state index >= 15 is 0 Å². The highest BCUT2D eigenvalue weighted by molar-refractivity contribution is 7.13. The van der Waals surface area contributed by atoms with Crippen LogP contribution >= 0.6 is 11.3 Å². The van der Waals surface area contributed by atoms with Crippen LogP contribution in [0.4, 0.5) is 5.69 Å². The molecule has 0 radical (unpaired) electrons. The topological polar surface area (TPSA) is 41.7 Å². The monoisotopic (exact) mass is 369 g/mol. The van der Waals surface area contributed by atoms with E-state index in [-0.39, 0.29) is 6.10 Å². The first-order valence-corrected chi connectivity index (χ1v) is 9.78. The molecule has 26 heavy (non-hydrogen) atoms. The molecule has 1 atom stereocenters. The highest BCUT2D eigenvalue weighted by Crippen LogP contribution is 2.33. The highest BCUT2D eigenvalue weighted by atomic mass is 32.1. The van der Waals surface area contributed by atoms with Crippen LogP contribution < -0.4 is 9.64 Å². The molecule has 0 fully saturated rings. The maximum Gasteiger partial charge on any atom is 0.236 e. The molecule has 0 amide bonds. The number of thiophene rings is 1. The van der Waals surface area contributed by atoms with Crippen molar-refractivity contribution in [1.82, 2.24) is 9.88 Å². The summed E-state index contributed by atoms with van der Waals surface area (Å²) in [4.78, 5) is 10.3. The molecule has 0 bridgehead atoms. The van der Waals surface area contributed by atoms with Crippen LogP contribution in [0, 0.1) is 0 Å². The van der Waals surface area contributed by atoms with E-state index in [1.807, 2.05) is 23.6 Å². The second kappa shape index (κ2) is 7.51. The summed E-state index contributed by atoms with van der Waals surface area (Å²) in [5.41, 5.74) is 2.13. The number of ether oxygens (including phenoxy) is 1. The second-order valence-electron chi connectivity index (χ2n) is 6.56. The molecule has 3 aromatic rings. The van der Waals surface area contributed by atoms with Gasteiger partial charge in [0.1, 0.15) is 18.1 Å². The third-order valence-electron chi connectivity index (χ3n) is 4.54. The Kier molecular flexibility index (Phi) is 4.95. The number of fused-ring (bicyclic) bond motifs is 1. The molecule has 1 aliphatic rings. The molecule has 0 N–H and O–H groups in total. The fourth-order valence-corrected chi connectivity index (χ4v) is 4.01. The molecule has 1 unspecified atom stereocenters. The fourth-order valence-electron chi connectivity index (χ4n) is 3.36. The van der Waals surface area contributed by atoms with Crippen LogP contribution in [0.15, 0.2) is 52.5 Å². The predicted molar refractivity (Wildman–Crippen MR) is 105 cm³/mol. The molecule has 3 heterocycles. The smallest absolute Gasteiger partial charge is 0.236 e. The molecule has 4 rings (SSSR count). The fraction of sp³-hybridized carbons (Fsp3) is 0.350. The minimum absolute atomic E-state index is 0.138. The molecule has 0 spiro atoms. The number of hydrogen-bond donors (Lipinski definition) is 0. The third kappa shape index (κ3) is 3.61. The van der Waals surface area contributed by atoms with Crippen LogP contribution in [-0.2, 0) is 6.54 Å². The van der Waals surface area contributed by atoms with E-state index < -0.39 is 0 Å². The van der Waals surface area contributed by atoms with Crippen molar-refractivity contribution in [2.24, 2.45) is 0 Å². The van der Waals surface area contributed by atoms with Crippen molar-refractivity contribution in [3.63, 3.8) is 0 Å². The lowest BCUT2D eigenvalue weighted by atomic mass is 10.2. The van der Waals surface area contributed by atoms with Crippen LogP contribution in [0.3, 0.4) is 0 Å². The summed E-state index contributed by atoms with van der Waals surface area (Å²) in [5, 5.41) is 2.03. The summed E-state index contributed by atoms with van der Waals surface area (Å²) in [6.45, 7) is 5.64. The number of benzene rings is 1. The Bertz CT molecular complexity index is 846. The largest absolute Gasteiger partial charge is 0.485 e. The SMILES string of the molecule is CCN1CC(CN(C)Cc2coc(-c3cccs3)n2)Oc2ccccc21. The molecular formula is C20H23N3O2S. The Balaban J connectivity index is 1.39. The summed E-state index contributed by atoms with van der Waals surface area (Å²) < 4.78 is 11.8. The van der Waals surface area contributed by atoms with E-state index in [4.69, 9.17) is 9.15 Å². The second-order valence-corrected chi connectivity index (χ2v) is 7.51. The van der Waals surface area contributed by atoms with Gasteiger partial charge in [0.05, 0.1) is 22.8 Å². The van der Waals surface area contributed by atoms with Crippen molar-refractivity contribution in [2.75, 3.05) is 31.6 Å². The van der Waals surface area contributed by atoms with Crippen molar-refractivity contribution in [2.45, 2.75) is 19.6 Å². The van der Waals surface area contributed by atoms with Gasteiger partial charge in [0.15, 0.2) is 0 Å². The summed E-state index contributed by atoms with van der Waals surface area (Å²) in [7, 11) is 2.10. The molecular weight excluding hydrogens is 346 g/mol. The highest BCUT2D eigenvalue weighted by Gasteiger charge is 2.25. The maximum absolute atomic E-state index is 6.21. The first kappa shape index (κ1) is 17.1. The van der Waals surface area contributed by atoms with Gasteiger partial charge in [0, 0.05) is 19.6 Å². The van der Waals surface area contributed by atoms with Crippen molar-refractivity contribution >= 4 is 17.0 Å². The minimum atomic E-state index is 0.138. The van der Waals surface area contributed by atoms with Gasteiger partial charge in [-0.05, 0) is 37.6 Å². The van der Waals surface area contributed by atoms with E-state index in [0.717, 1.165) is 42.5 Å². The molecule has 2 aromatic heterocycles. The predicted octanol–water partition coefficient (Wildman–Crippen LogP) is 4.12. The Hall–Kier alpha value is -2.31. The van der Waals surface area contributed by atoms with Crippen molar-refractivity contribution in [3.8, 4) is 16.5 Å². The van der Waals surface area contributed by atoms with Crippen molar-refractivity contribution in [3.05, 3.63) is 53.7 Å². The Morgan fingerprint density at radius 3 is 2.96 bits per heavy atom. The zero-order valence-electron chi connectivity index (χ0n) is 15.1. The number of nitrogens with zero attached hydrogens (tertiary/aromatic N) is 3. The van der Waals surface area contributed by atoms with E-state index in [1.165, 1.54) is 5.69 Å². The van der Waals surface area contributed by atoms with Crippen LogP contribution in [0.1, 0.15) is 12.6 Å². The van der Waals surface area contributed by atoms with Crippen molar-refractivity contribution in [1.29, 1.82) is 0 Å². The van der Waals surface area contributed by atoms with E-state index in [2.05, 4.69) is 47.0 Å². The van der Waals surface area contributed by atoms with E-state index in [0.29, 0.717) is 5.89 Å². The van der Waals surface area contributed by atoms with Crippen LogP contribution in [0.5, 0.6) is 5.75 Å². The number of para-hydroxylation sites is 2. The van der Waals surface area contributed by atoms with Gasteiger partial charge in [-0.2, -0.15) is 0 Å². The Morgan fingerprint density at radius 1 is 1.27 bits per heavy atom. The Morgan fingerprint density at radius 2 is 2.15 bits per heavy atom. The third-order valence-corrected chi connectivity index (χ3v) is 5.39. The van der Waals surface area contributed by atoms with Gasteiger partial charge in [-0.3, -0.25) is 4.90 Å². The summed E-state index contributed by atoms with van der Waals surface area (Å²) in [6.07, 6.45) is 1.89. The number of likely N-dealkylation sites (N-methyl/N-ethyl adjacent to an activating group) is 2. The van der Waals surface area contributed by atoms with E-state index in [9.17, 15) is 0 Å². The molecule has 0 saturated carbocycles. The Labute approximate surface area is 157 Å². The van der Waals surface area contributed by atoms with Crippen LogP contribution in [-0.4, -0.2) is 42.7 Å². The lowest BCUT2D eigenvalue weighted by Gasteiger charge is -2.37. The number of rotatable bonds is 6. The molecule has 0 aliphatic carbocycles. The van der Waals surface area contributed by atoms with Crippen molar-refractivity contribution < 1.29 is 9.15 Å². The molecule has 1 aliphatic heterocycles. The average molecular weight is 369 g/mol. The van der Waals surface area contributed by atoms with Gasteiger partial charge in [0.2, 0.25) is 5.89 Å². The van der Waals surface area contributed by atoms with Crippen LogP contribution in [0.25, 0.3) is 10.8 Å². The molecule has 5 nitrogen and oxygen atoms in total. The van der Waals surface area contributed by atoms with Gasteiger partial charge in [-0.1, -0.05) is 18.2 Å². The lowest BCUT2D eigenvalue weighted by Crippen LogP contribution is -2.45. The standard InChI is InChI=1S/C20H23N3O2S/c1-3-23-13-16(25-18-8-5-4-7-17(18)23)12-22(2)11-15-14-24-20(21-15)19-9-6-10-26-19/h4-10,14,16H,3,11-13H2,1-2H3. The zero-order chi connectivity index (χ0) is 17.9. The van der Waals surface area contributed by atoms with Gasteiger partial charge in [-0.15, -0.1) is 11.3 Å². The number of anilines is 1. The molecule has 6 heteroatoms. The van der Waals surface area contributed by atoms with E-state index in [1.54, 1.807) is 17.6 Å². The first-order valence-electron chi connectivity index (χ1n) is 8.90. The lowest BCUT2D eigenvalue weighted by molar-refractivity contribution is 0.139. The minimum Gasteiger partial charge on any atom is -0.485 e. The van der Waals surface area contributed by atoms with Gasteiger partial charge < -0.3 is 14.1 Å². The van der Waals surface area contributed by atoms with Crippen LogP contribution in [0.2, 0.25) is 0 Å². The maximum atomic E-state index is 6.21. The number of hydrogen-bond acceptors (Lipinski definition) is 6. The van der Waals surface area contributed by atoms with Gasteiger partial charge in [-0.25, -0.2) is 4.98 Å². The summed E-state index contributed by atoms with van der Waals surface area (Å²) >= 11 is 1.64. The summed E-state index contributed by atoms with van der Waals surface area (Å²) in [6, 6.07) is 12.3. The summed E-state index contributed by atoms with van der Waals surface area (Å²) in [5.74, 6) is 1.67. The van der Waals surface area contributed by atoms with Gasteiger partial charge >= 0.3 is 0 Å². The number of oxazole rings is 1. The first-order chi connectivity index (χ1) is 12.7. The molecule has 136 valence electrons. The quantitative estimate of drug-likeness (QED) is 0.654.